The highest BCUT2D eigenvalue weighted by molar-refractivity contribution is 7.91. The minimum Gasteiger partial charge on any atom is -0.480 e. The van der Waals surface area contributed by atoms with Gasteiger partial charge in [-0.1, -0.05) is 13.8 Å². The average Bonchev–Trinajstić information content (AvgIpc) is 2.00. The maximum Gasteiger partial charge on any atom is 0.321 e. The van der Waals surface area contributed by atoms with Gasteiger partial charge in [0.2, 0.25) is 0 Å². The predicted octanol–water partition coefficient (Wildman–Crippen LogP) is -0.141. The zero-order valence-electron chi connectivity index (χ0n) is 8.43. The van der Waals surface area contributed by atoms with Gasteiger partial charge >= 0.3 is 5.97 Å². The molecule has 14 heavy (non-hydrogen) atoms. The molecule has 0 aliphatic carbocycles. The maximum absolute atomic E-state index is 11.3. The summed E-state index contributed by atoms with van der Waals surface area (Å²) in [6.45, 7) is 3.82. The number of sulfone groups is 1. The van der Waals surface area contributed by atoms with E-state index in [1.54, 1.807) is 0 Å². The van der Waals surface area contributed by atoms with Crippen LogP contribution in [0.5, 0.6) is 0 Å². The number of nitrogens with two attached hydrogens (primary N) is 1. The van der Waals surface area contributed by atoms with Gasteiger partial charge in [-0.25, -0.2) is 8.42 Å². The van der Waals surface area contributed by atoms with Gasteiger partial charge in [0.1, 0.15) is 6.04 Å². The summed E-state index contributed by atoms with van der Waals surface area (Å²) in [6, 6.07) is -1.31. The van der Waals surface area contributed by atoms with Crippen molar-refractivity contribution in [3.05, 3.63) is 0 Å². The number of carbonyl (C=O) groups is 1. The van der Waals surface area contributed by atoms with Crippen molar-refractivity contribution >= 4 is 15.8 Å². The summed E-state index contributed by atoms with van der Waals surface area (Å²) in [5, 5.41) is 8.43. The van der Waals surface area contributed by atoms with E-state index < -0.39 is 27.6 Å². The van der Waals surface area contributed by atoms with Gasteiger partial charge in [-0.05, 0) is 12.3 Å². The van der Waals surface area contributed by atoms with Crippen molar-refractivity contribution in [2.45, 2.75) is 26.3 Å². The second-order valence-corrected chi connectivity index (χ2v) is 5.97. The molecule has 0 rings (SSSR count). The van der Waals surface area contributed by atoms with Crippen LogP contribution in [-0.2, 0) is 14.6 Å². The molecule has 6 heteroatoms. The zero-order valence-corrected chi connectivity index (χ0v) is 9.25. The number of carboxylic acids is 1. The van der Waals surface area contributed by atoms with E-state index in [1.165, 1.54) is 0 Å². The molecule has 0 aromatic rings. The first kappa shape index (κ1) is 13.4. The van der Waals surface area contributed by atoms with Crippen LogP contribution in [-0.4, -0.2) is 37.0 Å². The molecule has 0 aromatic heterocycles. The van der Waals surface area contributed by atoms with Crippen molar-refractivity contribution < 1.29 is 18.3 Å². The van der Waals surface area contributed by atoms with Crippen molar-refractivity contribution in [3.63, 3.8) is 0 Å². The van der Waals surface area contributed by atoms with E-state index in [0.29, 0.717) is 6.42 Å². The van der Waals surface area contributed by atoms with Crippen LogP contribution >= 0.6 is 0 Å². The molecular formula is C8H17NO4S. The van der Waals surface area contributed by atoms with E-state index in [2.05, 4.69) is 0 Å². The fraction of sp³-hybridized carbons (Fsp3) is 0.875. The van der Waals surface area contributed by atoms with E-state index in [9.17, 15) is 13.2 Å². The Kier molecular flexibility index (Phi) is 5.07. The second kappa shape index (κ2) is 5.31. The van der Waals surface area contributed by atoms with Gasteiger partial charge < -0.3 is 10.8 Å². The smallest absolute Gasteiger partial charge is 0.321 e. The molecule has 0 radical (unpaired) electrons. The molecule has 0 aliphatic heterocycles. The second-order valence-electron chi connectivity index (χ2n) is 3.74. The summed E-state index contributed by atoms with van der Waals surface area (Å²) >= 11 is 0. The molecule has 0 saturated carbocycles. The van der Waals surface area contributed by atoms with Crippen LogP contribution in [0.1, 0.15) is 20.3 Å². The van der Waals surface area contributed by atoms with Crippen molar-refractivity contribution in [1.29, 1.82) is 0 Å². The van der Waals surface area contributed by atoms with Crippen LogP contribution in [0.4, 0.5) is 0 Å². The Morgan fingerprint density at radius 2 is 1.93 bits per heavy atom. The summed E-state index contributed by atoms with van der Waals surface area (Å²) in [4.78, 5) is 10.3. The third-order valence-corrected chi connectivity index (χ3v) is 3.48. The Balaban J connectivity index is 4.15. The molecular weight excluding hydrogens is 206 g/mol. The molecule has 0 aliphatic rings. The van der Waals surface area contributed by atoms with E-state index in [0.717, 1.165) is 0 Å². The van der Waals surface area contributed by atoms with E-state index in [-0.39, 0.29) is 11.7 Å². The van der Waals surface area contributed by atoms with Gasteiger partial charge in [0.25, 0.3) is 0 Å². The van der Waals surface area contributed by atoms with Crippen molar-refractivity contribution in [2.75, 3.05) is 11.5 Å². The Morgan fingerprint density at radius 1 is 1.43 bits per heavy atom. The predicted molar refractivity (Wildman–Crippen MR) is 53.7 cm³/mol. The molecule has 0 bridgehead atoms. The molecule has 0 saturated heterocycles. The molecule has 0 fully saturated rings. The summed E-state index contributed by atoms with van der Waals surface area (Å²) in [5.74, 6) is -1.47. The lowest BCUT2D eigenvalue weighted by Gasteiger charge is -2.08. The summed E-state index contributed by atoms with van der Waals surface area (Å²) in [6.07, 6.45) is 0.536. The van der Waals surface area contributed by atoms with E-state index in [4.69, 9.17) is 10.8 Å². The van der Waals surface area contributed by atoms with Gasteiger partial charge in [-0.15, -0.1) is 0 Å². The van der Waals surface area contributed by atoms with Gasteiger partial charge in [0, 0.05) is 0 Å². The monoisotopic (exact) mass is 223 g/mol. The van der Waals surface area contributed by atoms with Crippen LogP contribution in [0.15, 0.2) is 0 Å². The number of carboxylic acid groups (broad SMARTS) is 1. The van der Waals surface area contributed by atoms with Crippen molar-refractivity contribution in [1.82, 2.24) is 0 Å². The molecule has 84 valence electrons. The number of rotatable bonds is 6. The summed E-state index contributed by atoms with van der Waals surface area (Å²) in [5.41, 5.74) is 5.13. The minimum atomic E-state index is -3.33. The fourth-order valence-electron chi connectivity index (χ4n) is 0.843. The highest BCUT2D eigenvalue weighted by Crippen LogP contribution is 2.04. The molecule has 0 aromatic carbocycles. The largest absolute Gasteiger partial charge is 0.480 e. The summed E-state index contributed by atoms with van der Waals surface area (Å²) in [7, 11) is -3.33. The van der Waals surface area contributed by atoms with Gasteiger partial charge in [-0.2, -0.15) is 0 Å². The lowest BCUT2D eigenvalue weighted by Crippen LogP contribution is -2.38. The molecule has 3 N–H and O–H groups in total. The SMILES string of the molecule is CC(C)CCS(=O)(=O)CC(N)C(=O)O. The first-order chi connectivity index (χ1) is 6.24. The quantitative estimate of drug-likeness (QED) is 0.653. The third-order valence-electron chi connectivity index (χ3n) is 1.76. The zero-order chi connectivity index (χ0) is 11.4. The first-order valence-corrected chi connectivity index (χ1v) is 6.25. The fourth-order valence-corrected chi connectivity index (χ4v) is 2.53. The van der Waals surface area contributed by atoms with Crippen LogP contribution in [0.3, 0.4) is 0 Å². The summed E-state index contributed by atoms with van der Waals surface area (Å²) < 4.78 is 22.6. The minimum absolute atomic E-state index is 0.00560. The molecule has 0 spiro atoms. The Hall–Kier alpha value is -0.620. The van der Waals surface area contributed by atoms with E-state index >= 15 is 0 Å². The number of hydrogen-bond donors (Lipinski definition) is 2. The highest BCUT2D eigenvalue weighted by Gasteiger charge is 2.21. The molecule has 5 nitrogen and oxygen atoms in total. The van der Waals surface area contributed by atoms with Crippen molar-refractivity contribution in [3.8, 4) is 0 Å². The molecule has 0 amide bonds. The Morgan fingerprint density at radius 3 is 2.29 bits per heavy atom. The Labute approximate surface area is 84.2 Å². The van der Waals surface area contributed by atoms with Gasteiger partial charge in [0.15, 0.2) is 9.84 Å². The van der Waals surface area contributed by atoms with Crippen LogP contribution < -0.4 is 5.73 Å². The molecule has 0 heterocycles. The third kappa shape index (κ3) is 5.93. The standard InChI is InChI=1S/C8H17NO4S/c1-6(2)3-4-14(12,13)5-7(9)8(10)11/h6-7H,3-5,9H2,1-2H3,(H,10,11). The Bertz CT molecular complexity index is 284. The lowest BCUT2D eigenvalue weighted by atomic mass is 10.2. The first-order valence-electron chi connectivity index (χ1n) is 4.43. The topological polar surface area (TPSA) is 97.5 Å². The van der Waals surface area contributed by atoms with Crippen LogP contribution in [0.25, 0.3) is 0 Å². The van der Waals surface area contributed by atoms with Crippen LogP contribution in [0.2, 0.25) is 0 Å². The average molecular weight is 223 g/mol. The van der Waals surface area contributed by atoms with Gasteiger partial charge in [-0.3, -0.25) is 4.79 Å². The lowest BCUT2D eigenvalue weighted by molar-refractivity contribution is -0.137. The maximum atomic E-state index is 11.3. The van der Waals surface area contributed by atoms with Crippen LogP contribution in [0, 0.1) is 5.92 Å². The van der Waals surface area contributed by atoms with Crippen molar-refractivity contribution in [2.24, 2.45) is 11.7 Å². The molecule has 1 atom stereocenters. The normalized spacial score (nSPS) is 14.3. The number of hydrogen-bond acceptors (Lipinski definition) is 4. The number of aliphatic carboxylic acids is 1. The van der Waals surface area contributed by atoms with E-state index in [1.807, 2.05) is 13.8 Å². The highest BCUT2D eigenvalue weighted by atomic mass is 32.2. The van der Waals surface area contributed by atoms with Gasteiger partial charge in [0.05, 0.1) is 11.5 Å². The molecule has 1 unspecified atom stereocenters.